The summed E-state index contributed by atoms with van der Waals surface area (Å²) in [6, 6.07) is 12.5. The van der Waals surface area contributed by atoms with Crippen molar-refractivity contribution >= 4 is 0 Å². The predicted octanol–water partition coefficient (Wildman–Crippen LogP) is 3.74. The highest BCUT2D eigenvalue weighted by Gasteiger charge is 2.07. The van der Waals surface area contributed by atoms with Gasteiger partial charge in [0.1, 0.15) is 11.6 Å². The molecule has 2 rings (SSSR count). The summed E-state index contributed by atoms with van der Waals surface area (Å²) in [4.78, 5) is 0. The van der Waals surface area contributed by atoms with Crippen LogP contribution in [0, 0.1) is 5.82 Å². The fourth-order valence-electron chi connectivity index (χ4n) is 1.93. The highest BCUT2D eigenvalue weighted by Crippen LogP contribution is 2.27. The molecule has 19 heavy (non-hydrogen) atoms. The van der Waals surface area contributed by atoms with E-state index in [9.17, 15) is 4.39 Å². The Morgan fingerprint density at radius 3 is 2.58 bits per heavy atom. The maximum absolute atomic E-state index is 14.0. The van der Waals surface area contributed by atoms with E-state index in [1.165, 1.54) is 6.07 Å². The van der Waals surface area contributed by atoms with Crippen molar-refractivity contribution in [2.24, 2.45) is 5.73 Å². The average Bonchev–Trinajstić information content (AvgIpc) is 2.38. The van der Waals surface area contributed by atoms with E-state index in [0.717, 1.165) is 16.9 Å². The van der Waals surface area contributed by atoms with Crippen molar-refractivity contribution in [3.63, 3.8) is 0 Å². The Balaban J connectivity index is 2.36. The number of ether oxygens (including phenoxy) is 1. The average molecular weight is 259 g/mol. The van der Waals surface area contributed by atoms with Crippen molar-refractivity contribution in [2.45, 2.75) is 26.5 Å². The third-order valence-corrected chi connectivity index (χ3v) is 2.79. The van der Waals surface area contributed by atoms with Gasteiger partial charge in [0, 0.05) is 12.1 Å². The number of benzene rings is 2. The standard InChI is InChI=1S/C16H18FNO/c1-11(2)19-14-5-3-4-13(9-14)15-7-6-12(10-18)8-16(15)17/h3-9,11H,10,18H2,1-2H3. The molecule has 0 heterocycles. The van der Waals surface area contributed by atoms with E-state index in [0.29, 0.717) is 12.1 Å². The van der Waals surface area contributed by atoms with Crippen LogP contribution in [0.15, 0.2) is 42.5 Å². The second kappa shape index (κ2) is 5.85. The fraction of sp³-hybridized carbons (Fsp3) is 0.250. The molecule has 0 saturated heterocycles. The molecule has 0 aliphatic rings. The Bertz CT molecular complexity index is 566. The van der Waals surface area contributed by atoms with Crippen molar-refractivity contribution < 1.29 is 9.13 Å². The predicted molar refractivity (Wildman–Crippen MR) is 75.5 cm³/mol. The lowest BCUT2D eigenvalue weighted by molar-refractivity contribution is 0.242. The van der Waals surface area contributed by atoms with Gasteiger partial charge in [0.05, 0.1) is 6.10 Å². The zero-order valence-electron chi connectivity index (χ0n) is 11.2. The van der Waals surface area contributed by atoms with Crippen molar-refractivity contribution in [3.05, 3.63) is 53.8 Å². The summed E-state index contributed by atoms with van der Waals surface area (Å²) in [6.07, 6.45) is 0.0970. The van der Waals surface area contributed by atoms with E-state index >= 15 is 0 Å². The molecule has 0 atom stereocenters. The molecule has 0 aromatic heterocycles. The Labute approximate surface area is 113 Å². The zero-order chi connectivity index (χ0) is 13.8. The quantitative estimate of drug-likeness (QED) is 0.907. The lowest BCUT2D eigenvalue weighted by atomic mass is 10.0. The Kier molecular flexibility index (Phi) is 4.17. The largest absolute Gasteiger partial charge is 0.491 e. The summed E-state index contributed by atoms with van der Waals surface area (Å²) in [7, 11) is 0. The van der Waals surface area contributed by atoms with Gasteiger partial charge < -0.3 is 10.5 Å². The van der Waals surface area contributed by atoms with Gasteiger partial charge in [-0.2, -0.15) is 0 Å². The molecule has 0 amide bonds. The Morgan fingerprint density at radius 1 is 1.16 bits per heavy atom. The summed E-state index contributed by atoms with van der Waals surface area (Å²) >= 11 is 0. The second-order valence-corrected chi connectivity index (χ2v) is 4.71. The van der Waals surface area contributed by atoms with Gasteiger partial charge in [0.2, 0.25) is 0 Å². The van der Waals surface area contributed by atoms with Crippen LogP contribution < -0.4 is 10.5 Å². The van der Waals surface area contributed by atoms with Crippen LogP contribution in [0.1, 0.15) is 19.4 Å². The van der Waals surface area contributed by atoms with Gasteiger partial charge in [-0.25, -0.2) is 4.39 Å². The molecule has 2 aromatic rings. The van der Waals surface area contributed by atoms with Gasteiger partial charge in [0.15, 0.2) is 0 Å². The normalized spacial score (nSPS) is 10.8. The van der Waals surface area contributed by atoms with Crippen LogP contribution in [0.25, 0.3) is 11.1 Å². The second-order valence-electron chi connectivity index (χ2n) is 4.71. The summed E-state index contributed by atoms with van der Waals surface area (Å²) in [5, 5.41) is 0. The number of hydrogen-bond donors (Lipinski definition) is 1. The van der Waals surface area contributed by atoms with Crippen LogP contribution in [0.4, 0.5) is 4.39 Å². The topological polar surface area (TPSA) is 35.2 Å². The highest BCUT2D eigenvalue weighted by atomic mass is 19.1. The van der Waals surface area contributed by atoms with Crippen LogP contribution in [0.2, 0.25) is 0 Å². The van der Waals surface area contributed by atoms with Gasteiger partial charge in [-0.05, 0) is 43.2 Å². The lowest BCUT2D eigenvalue weighted by Crippen LogP contribution is -2.05. The molecule has 0 saturated carbocycles. The van der Waals surface area contributed by atoms with Gasteiger partial charge >= 0.3 is 0 Å². The van der Waals surface area contributed by atoms with Gasteiger partial charge in [-0.1, -0.05) is 24.3 Å². The molecule has 0 radical (unpaired) electrons. The highest BCUT2D eigenvalue weighted by molar-refractivity contribution is 5.66. The minimum Gasteiger partial charge on any atom is -0.491 e. The van der Waals surface area contributed by atoms with E-state index in [1.54, 1.807) is 6.07 Å². The molecule has 2 aromatic carbocycles. The van der Waals surface area contributed by atoms with E-state index in [-0.39, 0.29) is 11.9 Å². The van der Waals surface area contributed by atoms with Crippen LogP contribution in [0.3, 0.4) is 0 Å². The van der Waals surface area contributed by atoms with Crippen molar-refractivity contribution in [2.75, 3.05) is 0 Å². The molecule has 0 aliphatic carbocycles. The van der Waals surface area contributed by atoms with Crippen LogP contribution in [-0.4, -0.2) is 6.10 Å². The van der Waals surface area contributed by atoms with E-state index in [2.05, 4.69) is 0 Å². The number of rotatable bonds is 4. The summed E-state index contributed by atoms with van der Waals surface area (Å²) in [5.41, 5.74) is 7.65. The Morgan fingerprint density at radius 2 is 1.95 bits per heavy atom. The van der Waals surface area contributed by atoms with E-state index in [4.69, 9.17) is 10.5 Å². The smallest absolute Gasteiger partial charge is 0.131 e. The molecule has 0 fully saturated rings. The molecular weight excluding hydrogens is 241 g/mol. The maximum Gasteiger partial charge on any atom is 0.131 e. The number of nitrogens with two attached hydrogens (primary N) is 1. The minimum atomic E-state index is -0.260. The first-order valence-corrected chi connectivity index (χ1v) is 6.35. The summed E-state index contributed by atoms with van der Waals surface area (Å²) in [5.74, 6) is 0.486. The Hall–Kier alpha value is -1.87. The van der Waals surface area contributed by atoms with Crippen molar-refractivity contribution in [1.29, 1.82) is 0 Å². The van der Waals surface area contributed by atoms with Crippen LogP contribution >= 0.6 is 0 Å². The molecule has 0 spiro atoms. The minimum absolute atomic E-state index is 0.0970. The molecule has 2 N–H and O–H groups in total. The van der Waals surface area contributed by atoms with Crippen LogP contribution in [0.5, 0.6) is 5.75 Å². The molecule has 0 aliphatic heterocycles. The zero-order valence-corrected chi connectivity index (χ0v) is 11.2. The van der Waals surface area contributed by atoms with Crippen molar-refractivity contribution in [3.8, 4) is 16.9 Å². The van der Waals surface area contributed by atoms with Gasteiger partial charge in [0.25, 0.3) is 0 Å². The third-order valence-electron chi connectivity index (χ3n) is 2.79. The van der Waals surface area contributed by atoms with Crippen LogP contribution in [-0.2, 0) is 6.54 Å². The third kappa shape index (κ3) is 3.32. The van der Waals surface area contributed by atoms with E-state index in [1.807, 2.05) is 44.2 Å². The fourth-order valence-corrected chi connectivity index (χ4v) is 1.93. The van der Waals surface area contributed by atoms with Gasteiger partial charge in [-0.15, -0.1) is 0 Å². The summed E-state index contributed by atoms with van der Waals surface area (Å²) in [6.45, 7) is 4.26. The molecule has 2 nitrogen and oxygen atoms in total. The first-order chi connectivity index (χ1) is 9.10. The van der Waals surface area contributed by atoms with Gasteiger partial charge in [-0.3, -0.25) is 0 Å². The molecule has 3 heteroatoms. The SMILES string of the molecule is CC(C)Oc1cccc(-c2ccc(CN)cc2F)c1. The molecular formula is C16H18FNO. The number of halogens is 1. The molecule has 0 bridgehead atoms. The molecule has 0 unspecified atom stereocenters. The lowest BCUT2D eigenvalue weighted by Gasteiger charge is -2.11. The first kappa shape index (κ1) is 13.6. The van der Waals surface area contributed by atoms with Crippen molar-refractivity contribution in [1.82, 2.24) is 0 Å². The van der Waals surface area contributed by atoms with E-state index < -0.39 is 0 Å². The first-order valence-electron chi connectivity index (χ1n) is 6.35. The monoisotopic (exact) mass is 259 g/mol. The number of hydrogen-bond acceptors (Lipinski definition) is 2. The maximum atomic E-state index is 14.0. The summed E-state index contributed by atoms with van der Waals surface area (Å²) < 4.78 is 19.6. The molecule has 100 valence electrons.